The molecule has 1 saturated heterocycles. The molecule has 1 aliphatic rings. The number of likely N-dealkylation sites (N-methyl/N-ethyl adjacent to an activating group) is 1. The molecule has 0 unspecified atom stereocenters. The monoisotopic (exact) mass is 343 g/mol. The number of carbonyl (C=O) groups excluding carboxylic acids is 1. The Morgan fingerprint density at radius 1 is 1.32 bits per heavy atom. The normalized spacial score (nSPS) is 17.7. The number of pyridine rings is 1. The van der Waals surface area contributed by atoms with Gasteiger partial charge < -0.3 is 14.6 Å². The minimum Gasteiger partial charge on any atom is -0.350 e. The van der Waals surface area contributed by atoms with Crippen molar-refractivity contribution in [2.75, 3.05) is 33.2 Å². The summed E-state index contributed by atoms with van der Waals surface area (Å²) in [7, 11) is 2.16. The lowest BCUT2D eigenvalue weighted by atomic mass is 10.1. The molecule has 3 heterocycles. The summed E-state index contributed by atoms with van der Waals surface area (Å²) in [5, 5.41) is 3.00. The van der Waals surface area contributed by atoms with Gasteiger partial charge in [-0.3, -0.25) is 9.69 Å². The number of imidazole rings is 1. The molecule has 0 aliphatic carbocycles. The highest BCUT2D eigenvalue weighted by Crippen LogP contribution is 2.11. The summed E-state index contributed by atoms with van der Waals surface area (Å²) >= 11 is 0. The molecule has 1 aliphatic heterocycles. The van der Waals surface area contributed by atoms with E-state index >= 15 is 0 Å². The van der Waals surface area contributed by atoms with Gasteiger partial charge >= 0.3 is 0 Å². The van der Waals surface area contributed by atoms with Gasteiger partial charge in [-0.15, -0.1) is 0 Å². The van der Waals surface area contributed by atoms with E-state index in [1.54, 1.807) is 0 Å². The zero-order chi connectivity index (χ0) is 17.8. The molecular weight excluding hydrogens is 314 g/mol. The summed E-state index contributed by atoms with van der Waals surface area (Å²) in [6, 6.07) is 4.55. The first-order valence-corrected chi connectivity index (χ1v) is 9.15. The van der Waals surface area contributed by atoms with E-state index in [1.165, 1.54) is 5.56 Å². The third kappa shape index (κ3) is 4.80. The first kappa shape index (κ1) is 17.9. The van der Waals surface area contributed by atoms with Crippen LogP contribution in [-0.4, -0.2) is 64.4 Å². The number of aryl methyl sites for hydroxylation is 1. The standard InChI is InChI=1S/C19H29N5O/c1-15-6-7-24-14-17(21-18(24)12-15)13-20-19(25)5-4-16(2)23-10-8-22(3)9-11-23/h6-7,12,14,16H,4-5,8-11,13H2,1-3H3,(H,20,25)/t16-/m1/s1. The van der Waals surface area contributed by atoms with Crippen molar-refractivity contribution in [3.05, 3.63) is 35.8 Å². The largest absolute Gasteiger partial charge is 0.350 e. The predicted molar refractivity (Wildman–Crippen MR) is 99.5 cm³/mol. The number of piperazine rings is 1. The Balaban J connectivity index is 1.42. The summed E-state index contributed by atoms with van der Waals surface area (Å²) < 4.78 is 1.99. The Bertz CT molecular complexity index is 718. The van der Waals surface area contributed by atoms with Gasteiger partial charge in [0.15, 0.2) is 0 Å². The number of fused-ring (bicyclic) bond motifs is 1. The molecule has 1 N–H and O–H groups in total. The van der Waals surface area contributed by atoms with Gasteiger partial charge in [-0.05, 0) is 45.0 Å². The Morgan fingerprint density at radius 2 is 2.08 bits per heavy atom. The third-order valence-corrected chi connectivity index (χ3v) is 5.08. The smallest absolute Gasteiger partial charge is 0.220 e. The van der Waals surface area contributed by atoms with Crippen LogP contribution < -0.4 is 5.32 Å². The topological polar surface area (TPSA) is 52.9 Å². The highest BCUT2D eigenvalue weighted by atomic mass is 16.1. The van der Waals surface area contributed by atoms with E-state index in [0.717, 1.165) is 43.9 Å². The van der Waals surface area contributed by atoms with E-state index in [-0.39, 0.29) is 5.91 Å². The quantitative estimate of drug-likeness (QED) is 0.867. The molecule has 6 nitrogen and oxygen atoms in total. The van der Waals surface area contributed by atoms with Crippen molar-refractivity contribution >= 4 is 11.6 Å². The van der Waals surface area contributed by atoms with Crippen LogP contribution in [0.4, 0.5) is 0 Å². The van der Waals surface area contributed by atoms with Gasteiger partial charge in [0.05, 0.1) is 12.2 Å². The van der Waals surface area contributed by atoms with Crippen molar-refractivity contribution < 1.29 is 4.79 Å². The van der Waals surface area contributed by atoms with E-state index in [2.05, 4.69) is 47.1 Å². The fourth-order valence-corrected chi connectivity index (χ4v) is 3.28. The van der Waals surface area contributed by atoms with Crippen molar-refractivity contribution in [2.24, 2.45) is 0 Å². The molecule has 0 aromatic carbocycles. The zero-order valence-corrected chi connectivity index (χ0v) is 15.5. The molecule has 3 rings (SSSR count). The average Bonchev–Trinajstić information content (AvgIpc) is 3.00. The van der Waals surface area contributed by atoms with Crippen molar-refractivity contribution in [3.63, 3.8) is 0 Å². The van der Waals surface area contributed by atoms with Crippen LogP contribution in [0.15, 0.2) is 24.5 Å². The molecule has 136 valence electrons. The van der Waals surface area contributed by atoms with Crippen molar-refractivity contribution in [2.45, 2.75) is 39.3 Å². The molecule has 25 heavy (non-hydrogen) atoms. The van der Waals surface area contributed by atoms with E-state index in [1.807, 2.05) is 22.9 Å². The van der Waals surface area contributed by atoms with Crippen LogP contribution in [0.5, 0.6) is 0 Å². The van der Waals surface area contributed by atoms with E-state index in [0.29, 0.717) is 19.0 Å². The number of hydrogen-bond donors (Lipinski definition) is 1. The molecule has 1 atom stereocenters. The van der Waals surface area contributed by atoms with Crippen molar-refractivity contribution in [1.29, 1.82) is 0 Å². The number of nitrogens with one attached hydrogen (secondary N) is 1. The van der Waals surface area contributed by atoms with Crippen LogP contribution in [-0.2, 0) is 11.3 Å². The van der Waals surface area contributed by atoms with Crippen molar-refractivity contribution in [1.82, 2.24) is 24.5 Å². The maximum atomic E-state index is 12.2. The van der Waals surface area contributed by atoms with Crippen LogP contribution in [0.2, 0.25) is 0 Å². The Morgan fingerprint density at radius 3 is 2.84 bits per heavy atom. The van der Waals surface area contributed by atoms with Gasteiger partial charge in [0.2, 0.25) is 5.91 Å². The number of aromatic nitrogens is 2. The summed E-state index contributed by atoms with van der Waals surface area (Å²) in [5.74, 6) is 0.106. The fourth-order valence-electron chi connectivity index (χ4n) is 3.28. The molecule has 1 amide bonds. The number of hydrogen-bond acceptors (Lipinski definition) is 4. The van der Waals surface area contributed by atoms with Crippen LogP contribution in [0.1, 0.15) is 31.0 Å². The second kappa shape index (κ2) is 7.97. The summed E-state index contributed by atoms with van der Waals surface area (Å²) in [5.41, 5.74) is 3.01. The summed E-state index contributed by atoms with van der Waals surface area (Å²) in [6.07, 6.45) is 5.45. The zero-order valence-electron chi connectivity index (χ0n) is 15.5. The van der Waals surface area contributed by atoms with E-state index in [9.17, 15) is 4.79 Å². The highest BCUT2D eigenvalue weighted by molar-refractivity contribution is 5.75. The van der Waals surface area contributed by atoms with Gasteiger partial charge in [-0.25, -0.2) is 4.98 Å². The molecule has 0 spiro atoms. The SMILES string of the molecule is Cc1ccn2cc(CNC(=O)CC[C@@H](C)N3CCN(C)CC3)nc2c1. The van der Waals surface area contributed by atoms with E-state index < -0.39 is 0 Å². The fraction of sp³-hybridized carbons (Fsp3) is 0.579. The third-order valence-electron chi connectivity index (χ3n) is 5.08. The minimum absolute atomic E-state index is 0.106. The van der Waals surface area contributed by atoms with Crippen LogP contribution in [0.3, 0.4) is 0 Å². The lowest BCUT2D eigenvalue weighted by molar-refractivity contribution is -0.121. The maximum Gasteiger partial charge on any atom is 0.220 e. The van der Waals surface area contributed by atoms with Crippen LogP contribution in [0.25, 0.3) is 5.65 Å². The molecule has 2 aromatic heterocycles. The summed E-state index contributed by atoms with van der Waals surface area (Å²) in [6.45, 7) is 9.19. The maximum absolute atomic E-state index is 12.2. The number of carbonyl (C=O) groups is 1. The Labute approximate surface area is 149 Å². The highest BCUT2D eigenvalue weighted by Gasteiger charge is 2.19. The number of rotatable bonds is 6. The Kier molecular flexibility index (Phi) is 5.71. The molecule has 6 heteroatoms. The first-order chi connectivity index (χ1) is 12.0. The lowest BCUT2D eigenvalue weighted by Crippen LogP contribution is -2.48. The number of amides is 1. The molecule has 0 radical (unpaired) electrons. The van der Waals surface area contributed by atoms with Crippen LogP contribution >= 0.6 is 0 Å². The van der Waals surface area contributed by atoms with E-state index in [4.69, 9.17) is 0 Å². The van der Waals surface area contributed by atoms with Gasteiger partial charge in [0, 0.05) is 51.0 Å². The number of nitrogens with zero attached hydrogens (tertiary/aromatic N) is 4. The molecule has 2 aromatic rings. The Hall–Kier alpha value is -1.92. The van der Waals surface area contributed by atoms with Gasteiger partial charge in [-0.2, -0.15) is 0 Å². The van der Waals surface area contributed by atoms with Crippen LogP contribution in [0, 0.1) is 6.92 Å². The minimum atomic E-state index is 0.106. The van der Waals surface area contributed by atoms with Gasteiger partial charge in [-0.1, -0.05) is 0 Å². The second-order valence-corrected chi connectivity index (χ2v) is 7.21. The summed E-state index contributed by atoms with van der Waals surface area (Å²) in [4.78, 5) is 21.5. The van der Waals surface area contributed by atoms with Gasteiger partial charge in [0.1, 0.15) is 5.65 Å². The molecular formula is C19H29N5O. The lowest BCUT2D eigenvalue weighted by Gasteiger charge is -2.36. The molecule has 1 fully saturated rings. The predicted octanol–water partition coefficient (Wildman–Crippen LogP) is 1.68. The second-order valence-electron chi connectivity index (χ2n) is 7.21. The molecule has 0 saturated carbocycles. The first-order valence-electron chi connectivity index (χ1n) is 9.15. The van der Waals surface area contributed by atoms with Gasteiger partial charge in [0.25, 0.3) is 0 Å². The molecule has 0 bridgehead atoms. The average molecular weight is 343 g/mol. The van der Waals surface area contributed by atoms with Crippen molar-refractivity contribution in [3.8, 4) is 0 Å².